The molecule has 10 heteroatoms. The lowest BCUT2D eigenvalue weighted by Crippen LogP contribution is -2.04. The van der Waals surface area contributed by atoms with Crippen LogP contribution in [0.25, 0.3) is 11.3 Å². The third-order valence-electron chi connectivity index (χ3n) is 5.21. The van der Waals surface area contributed by atoms with Crippen molar-refractivity contribution in [2.75, 3.05) is 23.1 Å². The Morgan fingerprint density at radius 3 is 1.79 bits per heavy atom. The minimum absolute atomic E-state index is 0.442. The summed E-state index contributed by atoms with van der Waals surface area (Å²) in [6, 6.07) is 30.8. The molecule has 0 saturated heterocycles. The summed E-state index contributed by atoms with van der Waals surface area (Å²) in [6.45, 7) is 0. The highest BCUT2D eigenvalue weighted by Gasteiger charge is 2.15. The standard InChI is InChI=1S/C18H15N3OS.C11H10ClN3S/c1-23-18-20-16(13-8-4-2-5-9-13)15(12-22)17(21-18)19-14-10-6-3-7-11-14;1-16-11-14-9(12)7-10(15-11)13-8-5-3-2-4-6-8/h2-12H,1H3,(H,19,20,21);2-7H,1H3,(H,13,14,15). The number of benzene rings is 3. The molecule has 0 amide bonds. The Bertz CT molecular complexity index is 1510. The third kappa shape index (κ3) is 8.03. The quantitative estimate of drug-likeness (QED) is 0.0829. The topological polar surface area (TPSA) is 92.7 Å². The number of hydrogen-bond donors (Lipinski definition) is 2. The maximum absolute atomic E-state index is 11.7. The predicted molar refractivity (Wildman–Crippen MR) is 163 cm³/mol. The first kappa shape index (κ1) is 28.1. The Hall–Kier alpha value is -3.92. The molecule has 2 aromatic heterocycles. The van der Waals surface area contributed by atoms with Crippen LogP contribution in [0.15, 0.2) is 107 Å². The maximum Gasteiger partial charge on any atom is 0.190 e. The molecule has 0 fully saturated rings. The minimum Gasteiger partial charge on any atom is -0.340 e. The normalized spacial score (nSPS) is 10.2. The van der Waals surface area contributed by atoms with Gasteiger partial charge in [0.25, 0.3) is 0 Å². The largest absolute Gasteiger partial charge is 0.340 e. The van der Waals surface area contributed by atoms with Gasteiger partial charge < -0.3 is 10.6 Å². The second-order valence-corrected chi connectivity index (χ2v) is 9.78. The summed E-state index contributed by atoms with van der Waals surface area (Å²) < 4.78 is 0. The molecule has 0 aliphatic rings. The van der Waals surface area contributed by atoms with Crippen LogP contribution in [-0.2, 0) is 0 Å². The first-order chi connectivity index (χ1) is 19.1. The van der Waals surface area contributed by atoms with Gasteiger partial charge >= 0.3 is 0 Å². The molecule has 0 radical (unpaired) electrons. The summed E-state index contributed by atoms with van der Waals surface area (Å²) in [7, 11) is 0. The third-order valence-corrected chi connectivity index (χ3v) is 6.50. The van der Waals surface area contributed by atoms with E-state index in [4.69, 9.17) is 11.6 Å². The zero-order valence-corrected chi connectivity index (χ0v) is 23.6. The van der Waals surface area contributed by atoms with Crippen molar-refractivity contribution in [3.8, 4) is 11.3 Å². The van der Waals surface area contributed by atoms with E-state index in [-0.39, 0.29) is 0 Å². The molecule has 5 rings (SSSR count). The number of aromatic nitrogens is 4. The zero-order chi connectivity index (χ0) is 27.5. The second-order valence-electron chi connectivity index (χ2n) is 7.85. The van der Waals surface area contributed by atoms with E-state index in [0.717, 1.165) is 23.2 Å². The van der Waals surface area contributed by atoms with Gasteiger partial charge in [0.15, 0.2) is 16.6 Å². The fourth-order valence-corrected chi connectivity index (χ4v) is 4.42. The monoisotopic (exact) mass is 572 g/mol. The Morgan fingerprint density at radius 1 is 0.692 bits per heavy atom. The summed E-state index contributed by atoms with van der Waals surface area (Å²) in [5.74, 6) is 1.22. The van der Waals surface area contributed by atoms with Crippen molar-refractivity contribution in [3.63, 3.8) is 0 Å². The Kier molecular flexibility index (Phi) is 10.3. The zero-order valence-electron chi connectivity index (χ0n) is 21.2. The number of nitrogens with one attached hydrogen (secondary N) is 2. The van der Waals surface area contributed by atoms with E-state index in [1.54, 1.807) is 6.07 Å². The lowest BCUT2D eigenvalue weighted by atomic mass is 10.1. The van der Waals surface area contributed by atoms with Crippen LogP contribution in [0.1, 0.15) is 10.4 Å². The molecular weight excluding hydrogens is 548 g/mol. The summed E-state index contributed by atoms with van der Waals surface area (Å²) >= 11 is 8.79. The van der Waals surface area contributed by atoms with Crippen LogP contribution in [-0.4, -0.2) is 38.7 Å². The molecular formula is C29H25ClN6OS2. The van der Waals surface area contributed by atoms with Crippen LogP contribution < -0.4 is 10.6 Å². The number of thioether (sulfide) groups is 2. The van der Waals surface area contributed by atoms with Gasteiger partial charge in [-0.1, -0.05) is 102 Å². The van der Waals surface area contributed by atoms with Crippen molar-refractivity contribution >= 4 is 64.4 Å². The average molecular weight is 573 g/mol. The van der Waals surface area contributed by atoms with Crippen LogP contribution in [0.5, 0.6) is 0 Å². The van der Waals surface area contributed by atoms with Gasteiger partial charge in [-0.2, -0.15) is 0 Å². The van der Waals surface area contributed by atoms with E-state index in [1.807, 2.05) is 104 Å². The van der Waals surface area contributed by atoms with Gasteiger partial charge in [0.05, 0.1) is 11.3 Å². The Balaban J connectivity index is 0.000000193. The highest BCUT2D eigenvalue weighted by atomic mass is 35.5. The molecule has 2 heterocycles. The van der Waals surface area contributed by atoms with Crippen LogP contribution in [0.4, 0.5) is 23.0 Å². The first-order valence-corrected chi connectivity index (χ1v) is 14.6. The number of halogens is 1. The van der Waals surface area contributed by atoms with E-state index >= 15 is 0 Å². The van der Waals surface area contributed by atoms with Gasteiger partial charge in [0.1, 0.15) is 16.8 Å². The van der Waals surface area contributed by atoms with Crippen LogP contribution in [0, 0.1) is 0 Å². The summed E-state index contributed by atoms with van der Waals surface area (Å²) in [5.41, 5.74) is 3.84. The lowest BCUT2D eigenvalue weighted by molar-refractivity contribution is 0.112. The van der Waals surface area contributed by atoms with E-state index in [1.165, 1.54) is 23.5 Å². The van der Waals surface area contributed by atoms with E-state index in [0.29, 0.717) is 38.4 Å². The van der Waals surface area contributed by atoms with E-state index in [9.17, 15) is 4.79 Å². The average Bonchev–Trinajstić information content (AvgIpc) is 2.98. The van der Waals surface area contributed by atoms with Crippen LogP contribution in [0.3, 0.4) is 0 Å². The Labute approximate surface area is 240 Å². The fourth-order valence-electron chi connectivity index (χ4n) is 3.44. The molecule has 7 nitrogen and oxygen atoms in total. The van der Waals surface area contributed by atoms with Crippen LogP contribution in [0.2, 0.25) is 5.15 Å². The molecule has 3 aromatic carbocycles. The van der Waals surface area contributed by atoms with Gasteiger partial charge in [-0.3, -0.25) is 4.79 Å². The van der Waals surface area contributed by atoms with Crippen molar-refractivity contribution in [3.05, 3.63) is 108 Å². The fraction of sp³-hybridized carbons (Fsp3) is 0.0690. The number of hydrogen-bond acceptors (Lipinski definition) is 9. The minimum atomic E-state index is 0.442. The summed E-state index contributed by atoms with van der Waals surface area (Å²) in [5, 5.41) is 8.10. The second kappa shape index (κ2) is 14.3. The SMILES string of the molecule is CSc1nc(Cl)cc(Nc2ccccc2)n1.CSc1nc(Nc2ccccc2)c(C=O)c(-c2ccccc2)n1. The molecule has 5 aromatic rings. The number of para-hydroxylation sites is 2. The molecule has 0 aliphatic carbocycles. The molecule has 39 heavy (non-hydrogen) atoms. The smallest absolute Gasteiger partial charge is 0.190 e. The Morgan fingerprint density at radius 2 is 1.23 bits per heavy atom. The molecule has 2 N–H and O–H groups in total. The molecule has 0 atom stereocenters. The molecule has 0 bridgehead atoms. The van der Waals surface area contributed by atoms with E-state index < -0.39 is 0 Å². The maximum atomic E-state index is 11.7. The van der Waals surface area contributed by atoms with Crippen molar-refractivity contribution < 1.29 is 4.79 Å². The first-order valence-electron chi connectivity index (χ1n) is 11.8. The van der Waals surface area contributed by atoms with Crippen molar-refractivity contribution in [1.29, 1.82) is 0 Å². The number of rotatable bonds is 8. The number of anilines is 4. The number of aldehydes is 1. The van der Waals surface area contributed by atoms with Crippen molar-refractivity contribution in [1.82, 2.24) is 19.9 Å². The molecule has 196 valence electrons. The molecule has 0 aliphatic heterocycles. The summed E-state index contributed by atoms with van der Waals surface area (Å²) in [4.78, 5) is 29.0. The molecule has 0 saturated carbocycles. The number of nitrogens with zero attached hydrogens (tertiary/aromatic N) is 4. The van der Waals surface area contributed by atoms with Crippen LogP contribution >= 0.6 is 35.1 Å². The van der Waals surface area contributed by atoms with Crippen molar-refractivity contribution in [2.45, 2.75) is 10.3 Å². The lowest BCUT2D eigenvalue weighted by Gasteiger charge is -2.13. The highest BCUT2D eigenvalue weighted by Crippen LogP contribution is 2.29. The molecule has 0 spiro atoms. The highest BCUT2D eigenvalue weighted by molar-refractivity contribution is 7.98. The van der Waals surface area contributed by atoms with Gasteiger partial charge in [0, 0.05) is 23.0 Å². The van der Waals surface area contributed by atoms with Gasteiger partial charge in [-0.15, -0.1) is 0 Å². The summed E-state index contributed by atoms with van der Waals surface area (Å²) in [6.07, 6.45) is 4.63. The predicted octanol–water partition coefficient (Wildman–Crippen LogP) is 8.02. The van der Waals surface area contributed by atoms with Gasteiger partial charge in [-0.25, -0.2) is 19.9 Å². The van der Waals surface area contributed by atoms with E-state index in [2.05, 4.69) is 30.6 Å². The molecule has 0 unspecified atom stereocenters. The number of carbonyl (C=O) groups excluding carboxylic acids is 1. The van der Waals surface area contributed by atoms with Gasteiger partial charge in [-0.05, 0) is 36.8 Å². The number of carbonyl (C=O) groups is 1. The van der Waals surface area contributed by atoms with Gasteiger partial charge in [0.2, 0.25) is 0 Å². The van der Waals surface area contributed by atoms with Crippen molar-refractivity contribution in [2.24, 2.45) is 0 Å².